The zero-order valence-electron chi connectivity index (χ0n) is 15.2. The first-order chi connectivity index (χ1) is 14.1. The number of rotatable bonds is 3. The molecule has 0 bridgehead atoms. The fraction of sp³-hybridized carbons (Fsp3) is 0. The lowest BCUT2D eigenvalue weighted by Crippen LogP contribution is -2.00. The van der Waals surface area contributed by atoms with Gasteiger partial charge >= 0.3 is 0 Å². The zero-order valence-corrected chi connectivity index (χ0v) is 16.8. The Kier molecular flexibility index (Phi) is 5.11. The van der Waals surface area contributed by atoms with Crippen molar-refractivity contribution in [2.45, 2.75) is 0 Å². The minimum Gasteiger partial charge on any atom is -0.383 e. The van der Waals surface area contributed by atoms with Crippen LogP contribution in [0.1, 0.15) is 5.56 Å². The summed E-state index contributed by atoms with van der Waals surface area (Å²) in [6.45, 7) is 0. The van der Waals surface area contributed by atoms with Crippen molar-refractivity contribution in [3.8, 4) is 39.6 Å². The fourth-order valence-corrected chi connectivity index (χ4v) is 3.57. The molecular weight excluding hydrogens is 429 g/mol. The number of anilines is 1. The highest BCUT2D eigenvalue weighted by Gasteiger charge is 2.16. The van der Waals surface area contributed by atoms with E-state index in [2.05, 4.69) is 20.9 Å². The Bertz CT molecular complexity index is 1230. The molecule has 140 valence electrons. The van der Waals surface area contributed by atoms with Crippen LogP contribution < -0.4 is 5.73 Å². The van der Waals surface area contributed by atoms with Gasteiger partial charge in [-0.1, -0.05) is 70.5 Å². The summed E-state index contributed by atoms with van der Waals surface area (Å²) < 4.78 is 15.2. The lowest BCUT2D eigenvalue weighted by atomic mass is 9.97. The highest BCUT2D eigenvalue weighted by atomic mass is 79.9. The summed E-state index contributed by atoms with van der Waals surface area (Å²) in [4.78, 5) is 4.38. The van der Waals surface area contributed by atoms with Gasteiger partial charge in [0, 0.05) is 21.2 Å². The average molecular weight is 444 g/mol. The number of hydrogen-bond donors (Lipinski definition) is 1. The number of nitrogen functional groups attached to an aromatic ring is 1. The number of nitrogens with two attached hydrogens (primary N) is 1. The van der Waals surface area contributed by atoms with E-state index in [9.17, 15) is 9.65 Å². The van der Waals surface area contributed by atoms with Crippen molar-refractivity contribution in [3.63, 3.8) is 0 Å². The van der Waals surface area contributed by atoms with Gasteiger partial charge in [-0.3, -0.25) is 0 Å². The SMILES string of the molecule is N#Cc1c(-c2cc(Br)ccc2F)cc(-c2ccc(-c3ccccc3)cc2)nc1N. The molecule has 4 rings (SSSR count). The number of benzene rings is 3. The summed E-state index contributed by atoms with van der Waals surface area (Å²) in [7, 11) is 0. The Morgan fingerprint density at radius 1 is 0.828 bits per heavy atom. The maximum absolute atomic E-state index is 14.5. The first-order valence-corrected chi connectivity index (χ1v) is 9.68. The van der Waals surface area contributed by atoms with E-state index in [4.69, 9.17) is 5.73 Å². The number of hydrogen-bond acceptors (Lipinski definition) is 3. The van der Waals surface area contributed by atoms with Crippen LogP contribution in [0.4, 0.5) is 10.2 Å². The van der Waals surface area contributed by atoms with Gasteiger partial charge in [-0.2, -0.15) is 5.26 Å². The molecule has 0 atom stereocenters. The quantitative estimate of drug-likeness (QED) is 0.396. The minimum atomic E-state index is -0.430. The average Bonchev–Trinajstić information content (AvgIpc) is 2.75. The molecule has 0 aliphatic rings. The van der Waals surface area contributed by atoms with Crippen molar-refractivity contribution < 1.29 is 4.39 Å². The molecule has 1 aromatic heterocycles. The standard InChI is InChI=1S/C24H15BrFN3/c25-18-10-11-22(26)20(12-18)19-13-23(29-24(28)21(19)14-27)17-8-6-16(7-9-17)15-4-2-1-3-5-15/h1-13H,(H2,28,29). The van der Waals surface area contributed by atoms with Crippen LogP contribution >= 0.6 is 15.9 Å². The third-order valence-corrected chi connectivity index (χ3v) is 5.16. The molecule has 0 amide bonds. The predicted octanol–water partition coefficient (Wildman–Crippen LogP) is 6.44. The Morgan fingerprint density at radius 2 is 1.48 bits per heavy atom. The van der Waals surface area contributed by atoms with Crippen LogP contribution in [-0.4, -0.2) is 4.98 Å². The van der Waals surface area contributed by atoms with Crippen molar-refractivity contribution in [2.75, 3.05) is 5.73 Å². The molecule has 0 aliphatic heterocycles. The van der Waals surface area contributed by atoms with Gasteiger partial charge in [0.1, 0.15) is 23.3 Å². The molecule has 1 heterocycles. The molecule has 5 heteroatoms. The van der Waals surface area contributed by atoms with Crippen molar-refractivity contribution in [3.05, 3.63) is 94.7 Å². The van der Waals surface area contributed by atoms with Crippen LogP contribution in [0.15, 0.2) is 83.3 Å². The van der Waals surface area contributed by atoms with Crippen LogP contribution in [0.5, 0.6) is 0 Å². The van der Waals surface area contributed by atoms with Gasteiger partial charge in [-0.15, -0.1) is 0 Å². The summed E-state index contributed by atoms with van der Waals surface area (Å²) >= 11 is 3.36. The fourth-order valence-electron chi connectivity index (χ4n) is 3.21. The molecule has 3 aromatic carbocycles. The number of halogens is 2. The van der Waals surface area contributed by atoms with Crippen molar-refractivity contribution >= 4 is 21.7 Å². The predicted molar refractivity (Wildman–Crippen MR) is 117 cm³/mol. The number of aromatic nitrogens is 1. The molecule has 0 fully saturated rings. The molecule has 0 unspecified atom stereocenters. The summed E-state index contributed by atoms with van der Waals surface area (Å²) in [5.41, 5.74) is 10.5. The zero-order chi connectivity index (χ0) is 20.4. The van der Waals surface area contributed by atoms with Gasteiger partial charge < -0.3 is 5.73 Å². The first kappa shape index (κ1) is 18.9. The van der Waals surface area contributed by atoms with Gasteiger partial charge in [0.15, 0.2) is 0 Å². The van der Waals surface area contributed by atoms with E-state index >= 15 is 0 Å². The maximum atomic E-state index is 14.5. The maximum Gasteiger partial charge on any atom is 0.142 e. The van der Waals surface area contributed by atoms with Crippen molar-refractivity contribution in [1.82, 2.24) is 4.98 Å². The van der Waals surface area contributed by atoms with Gasteiger partial charge in [0.25, 0.3) is 0 Å². The molecule has 0 saturated heterocycles. The Labute approximate surface area is 176 Å². The van der Waals surface area contributed by atoms with Crippen LogP contribution in [-0.2, 0) is 0 Å². The third kappa shape index (κ3) is 3.75. The van der Waals surface area contributed by atoms with E-state index in [1.807, 2.05) is 60.7 Å². The van der Waals surface area contributed by atoms with Crippen LogP contribution in [0.25, 0.3) is 33.5 Å². The second-order valence-corrected chi connectivity index (χ2v) is 7.41. The van der Waals surface area contributed by atoms with Crippen LogP contribution in [0, 0.1) is 17.1 Å². The molecule has 4 aromatic rings. The van der Waals surface area contributed by atoms with Gasteiger partial charge in [0.05, 0.1) is 5.69 Å². The van der Waals surface area contributed by atoms with Crippen molar-refractivity contribution in [1.29, 1.82) is 5.26 Å². The highest BCUT2D eigenvalue weighted by Crippen LogP contribution is 2.34. The molecule has 3 nitrogen and oxygen atoms in total. The Morgan fingerprint density at radius 3 is 2.17 bits per heavy atom. The molecule has 0 spiro atoms. The second kappa shape index (κ2) is 7.86. The smallest absolute Gasteiger partial charge is 0.142 e. The normalized spacial score (nSPS) is 10.5. The highest BCUT2D eigenvalue weighted by molar-refractivity contribution is 9.10. The Hall–Kier alpha value is -3.49. The van der Waals surface area contributed by atoms with Gasteiger partial charge in [0.2, 0.25) is 0 Å². The van der Waals surface area contributed by atoms with E-state index in [0.29, 0.717) is 21.3 Å². The largest absolute Gasteiger partial charge is 0.383 e. The monoisotopic (exact) mass is 443 g/mol. The molecule has 0 radical (unpaired) electrons. The molecule has 0 aliphatic carbocycles. The first-order valence-electron chi connectivity index (χ1n) is 8.88. The molecule has 29 heavy (non-hydrogen) atoms. The van der Waals surface area contributed by atoms with Crippen molar-refractivity contribution in [2.24, 2.45) is 0 Å². The molecule has 2 N–H and O–H groups in total. The number of nitrogens with zero attached hydrogens (tertiary/aromatic N) is 2. The Balaban J connectivity index is 1.82. The van der Waals surface area contributed by atoms with E-state index < -0.39 is 5.82 Å². The summed E-state index contributed by atoms with van der Waals surface area (Å²) in [6.07, 6.45) is 0. The summed E-state index contributed by atoms with van der Waals surface area (Å²) in [5, 5.41) is 9.54. The topological polar surface area (TPSA) is 62.7 Å². The van der Waals surface area contributed by atoms with Crippen LogP contribution in [0.3, 0.4) is 0 Å². The van der Waals surface area contributed by atoms with Gasteiger partial charge in [-0.25, -0.2) is 9.37 Å². The van der Waals surface area contributed by atoms with Crippen LogP contribution in [0.2, 0.25) is 0 Å². The molecule has 0 saturated carbocycles. The van der Waals surface area contributed by atoms with E-state index in [-0.39, 0.29) is 11.4 Å². The molecular formula is C24H15BrFN3. The van der Waals surface area contributed by atoms with E-state index in [0.717, 1.165) is 16.7 Å². The third-order valence-electron chi connectivity index (χ3n) is 4.67. The summed E-state index contributed by atoms with van der Waals surface area (Å²) in [6, 6.07) is 26.3. The number of nitriles is 1. The minimum absolute atomic E-state index is 0.0755. The lowest BCUT2D eigenvalue weighted by molar-refractivity contribution is 0.631. The second-order valence-electron chi connectivity index (χ2n) is 6.49. The van der Waals surface area contributed by atoms with E-state index in [1.165, 1.54) is 6.07 Å². The number of pyridine rings is 1. The lowest BCUT2D eigenvalue weighted by Gasteiger charge is -2.12. The van der Waals surface area contributed by atoms with E-state index in [1.54, 1.807) is 18.2 Å². The van der Waals surface area contributed by atoms with Gasteiger partial charge in [-0.05, 0) is 35.4 Å². The summed E-state index contributed by atoms with van der Waals surface area (Å²) in [5.74, 6) is -0.354.